The van der Waals surface area contributed by atoms with Crippen LogP contribution in [0.3, 0.4) is 0 Å². The van der Waals surface area contributed by atoms with Gasteiger partial charge in [-0.3, -0.25) is 9.59 Å². The van der Waals surface area contributed by atoms with E-state index in [4.69, 9.17) is 4.74 Å². The maximum Gasteiger partial charge on any atom is 0.319 e. The molecule has 0 fully saturated rings. The van der Waals surface area contributed by atoms with Gasteiger partial charge in [-0.1, -0.05) is 45.0 Å². The van der Waals surface area contributed by atoms with Crippen LogP contribution in [-0.2, 0) is 25.5 Å². The van der Waals surface area contributed by atoms with Gasteiger partial charge in [-0.2, -0.15) is 0 Å². The lowest BCUT2D eigenvalue weighted by atomic mass is 9.87. The predicted molar refractivity (Wildman–Crippen MR) is 92.2 cm³/mol. The second-order valence-electron chi connectivity index (χ2n) is 6.40. The summed E-state index contributed by atoms with van der Waals surface area (Å²) in [6.45, 7) is 10.2. The molecule has 122 valence electrons. The van der Waals surface area contributed by atoms with Crippen LogP contribution in [0, 0.1) is 0 Å². The Bertz CT molecular complexity index is 500. The highest BCUT2D eigenvalue weighted by Gasteiger charge is 2.22. The van der Waals surface area contributed by atoms with Crippen LogP contribution in [0.15, 0.2) is 24.3 Å². The van der Waals surface area contributed by atoms with Crippen LogP contribution in [0.2, 0.25) is 0 Å². The molecule has 3 nitrogen and oxygen atoms in total. The summed E-state index contributed by atoms with van der Waals surface area (Å²) in [4.78, 5) is 23.2. The molecule has 0 spiro atoms. The van der Waals surface area contributed by atoms with Crippen molar-refractivity contribution in [3.8, 4) is 0 Å². The maximum atomic E-state index is 11.9. The Labute approximate surface area is 137 Å². The van der Waals surface area contributed by atoms with Gasteiger partial charge in [0.25, 0.3) is 0 Å². The molecule has 4 heteroatoms. The Hall–Kier alpha value is -1.29. The van der Waals surface area contributed by atoms with Crippen molar-refractivity contribution in [2.45, 2.75) is 57.5 Å². The molecule has 0 aliphatic rings. The molecule has 0 bridgehead atoms. The molecule has 1 atom stereocenters. The van der Waals surface area contributed by atoms with Gasteiger partial charge in [0.1, 0.15) is 11.0 Å². The van der Waals surface area contributed by atoms with Gasteiger partial charge in [-0.25, -0.2) is 0 Å². The van der Waals surface area contributed by atoms with Crippen LogP contribution in [0.5, 0.6) is 0 Å². The van der Waals surface area contributed by atoms with Gasteiger partial charge in [-0.05, 0) is 30.4 Å². The molecule has 0 aliphatic carbocycles. The molecule has 0 unspecified atom stereocenters. The summed E-state index contributed by atoms with van der Waals surface area (Å²) in [7, 11) is 0. The van der Waals surface area contributed by atoms with E-state index in [1.807, 2.05) is 0 Å². The number of esters is 1. The minimum Gasteiger partial charge on any atom is -0.465 e. The smallest absolute Gasteiger partial charge is 0.319 e. The highest BCUT2D eigenvalue weighted by molar-refractivity contribution is 7.99. The van der Waals surface area contributed by atoms with E-state index in [1.54, 1.807) is 6.92 Å². The Balaban J connectivity index is 2.68. The van der Waals surface area contributed by atoms with Crippen molar-refractivity contribution < 1.29 is 14.3 Å². The topological polar surface area (TPSA) is 43.4 Å². The third-order valence-corrected chi connectivity index (χ3v) is 4.55. The number of hydrogen-bond acceptors (Lipinski definition) is 4. The van der Waals surface area contributed by atoms with Crippen LogP contribution in [0.25, 0.3) is 0 Å². The van der Waals surface area contributed by atoms with E-state index in [1.165, 1.54) is 24.2 Å². The fourth-order valence-electron chi connectivity index (χ4n) is 2.00. The monoisotopic (exact) mass is 322 g/mol. The summed E-state index contributed by atoms with van der Waals surface area (Å²) < 4.78 is 5.05. The van der Waals surface area contributed by atoms with E-state index in [9.17, 15) is 9.59 Å². The lowest BCUT2D eigenvalue weighted by Crippen LogP contribution is -2.23. The van der Waals surface area contributed by atoms with Crippen molar-refractivity contribution in [3.05, 3.63) is 35.4 Å². The van der Waals surface area contributed by atoms with E-state index >= 15 is 0 Å². The zero-order chi connectivity index (χ0) is 16.8. The highest BCUT2D eigenvalue weighted by atomic mass is 32.2. The van der Waals surface area contributed by atoms with Crippen LogP contribution < -0.4 is 0 Å². The van der Waals surface area contributed by atoms with Gasteiger partial charge >= 0.3 is 5.97 Å². The van der Waals surface area contributed by atoms with Crippen LogP contribution in [-0.4, -0.2) is 23.6 Å². The van der Waals surface area contributed by atoms with E-state index in [0.29, 0.717) is 12.4 Å². The number of benzene rings is 1. The number of rotatable bonds is 7. The third kappa shape index (κ3) is 6.22. The SMILES string of the molecule is CCOC(=O)[C@H](CC(C)=O)SCc1ccc(C(C)(C)C)cc1. The number of carbonyl (C=O) groups excluding carboxylic acids is 2. The molecule has 0 saturated carbocycles. The molecule has 22 heavy (non-hydrogen) atoms. The van der Waals surface area contributed by atoms with Crippen LogP contribution in [0.1, 0.15) is 52.2 Å². The number of hydrogen-bond donors (Lipinski definition) is 0. The van der Waals surface area contributed by atoms with Gasteiger partial charge in [0, 0.05) is 12.2 Å². The van der Waals surface area contributed by atoms with Crippen molar-refractivity contribution in [1.29, 1.82) is 0 Å². The first-order valence-corrected chi connectivity index (χ1v) is 8.66. The number of thioether (sulfide) groups is 1. The summed E-state index contributed by atoms with van der Waals surface area (Å²) in [5, 5.41) is -0.417. The molecule has 0 N–H and O–H groups in total. The normalized spacial score (nSPS) is 12.8. The molecule has 0 heterocycles. The molecule has 0 amide bonds. The van der Waals surface area contributed by atoms with Gasteiger partial charge in [0.05, 0.1) is 6.61 Å². The molecule has 0 saturated heterocycles. The third-order valence-electron chi connectivity index (χ3n) is 3.29. The van der Waals surface area contributed by atoms with Gasteiger partial charge in [0.2, 0.25) is 0 Å². The molecular weight excluding hydrogens is 296 g/mol. The minimum absolute atomic E-state index is 0.00799. The lowest BCUT2D eigenvalue weighted by molar-refractivity contribution is -0.143. The molecule has 1 aromatic rings. The molecule has 0 radical (unpaired) electrons. The molecule has 0 aromatic heterocycles. The average Bonchev–Trinajstić information content (AvgIpc) is 2.42. The van der Waals surface area contributed by atoms with E-state index in [0.717, 1.165) is 5.56 Å². The van der Waals surface area contributed by atoms with Gasteiger partial charge < -0.3 is 4.74 Å². The average molecular weight is 322 g/mol. The van der Waals surface area contributed by atoms with Crippen molar-refractivity contribution in [2.24, 2.45) is 0 Å². The first-order chi connectivity index (χ1) is 10.2. The Morgan fingerprint density at radius 3 is 2.23 bits per heavy atom. The Morgan fingerprint density at radius 1 is 1.18 bits per heavy atom. The highest BCUT2D eigenvalue weighted by Crippen LogP contribution is 2.25. The minimum atomic E-state index is -0.417. The van der Waals surface area contributed by atoms with Crippen LogP contribution >= 0.6 is 11.8 Å². The second kappa shape index (κ2) is 8.37. The zero-order valence-corrected chi connectivity index (χ0v) is 15.0. The van der Waals surface area contributed by atoms with Crippen molar-refractivity contribution in [1.82, 2.24) is 0 Å². The summed E-state index contributed by atoms with van der Waals surface area (Å²) in [6.07, 6.45) is 0.226. The summed E-state index contributed by atoms with van der Waals surface area (Å²) in [5.41, 5.74) is 2.57. The van der Waals surface area contributed by atoms with Gasteiger partial charge in [-0.15, -0.1) is 11.8 Å². The number of ether oxygens (including phenoxy) is 1. The fraction of sp³-hybridized carbons (Fsp3) is 0.556. The van der Waals surface area contributed by atoms with E-state index in [-0.39, 0.29) is 23.6 Å². The fourth-order valence-corrected chi connectivity index (χ4v) is 3.15. The molecule has 1 aromatic carbocycles. The van der Waals surface area contributed by atoms with Crippen molar-refractivity contribution >= 4 is 23.5 Å². The number of carbonyl (C=O) groups is 2. The Kier molecular flexibility index (Phi) is 7.14. The Morgan fingerprint density at radius 2 is 1.77 bits per heavy atom. The summed E-state index contributed by atoms with van der Waals surface area (Å²) in [5.74, 6) is 0.406. The quantitative estimate of drug-likeness (QED) is 0.708. The number of ketones is 1. The van der Waals surface area contributed by atoms with Crippen LogP contribution in [0.4, 0.5) is 0 Å². The molecular formula is C18H26O3S. The van der Waals surface area contributed by atoms with E-state index < -0.39 is 5.25 Å². The van der Waals surface area contributed by atoms with Gasteiger partial charge in [0.15, 0.2) is 0 Å². The maximum absolute atomic E-state index is 11.9. The summed E-state index contributed by atoms with van der Waals surface area (Å²) in [6, 6.07) is 8.42. The molecule has 0 aliphatic heterocycles. The first-order valence-electron chi connectivity index (χ1n) is 7.61. The lowest BCUT2D eigenvalue weighted by Gasteiger charge is -2.19. The predicted octanol–water partition coefficient (Wildman–Crippen LogP) is 4.13. The van der Waals surface area contributed by atoms with E-state index in [2.05, 4.69) is 45.0 Å². The molecule has 1 rings (SSSR count). The second-order valence-corrected chi connectivity index (χ2v) is 7.60. The number of Topliss-reactive ketones (excluding diaryl/α,β-unsaturated/α-hetero) is 1. The standard InChI is InChI=1S/C18H26O3S/c1-6-21-17(20)16(11-13(2)19)22-12-14-7-9-15(10-8-14)18(3,4)5/h7-10,16H,6,11-12H2,1-5H3/t16-/m0/s1. The largest absolute Gasteiger partial charge is 0.465 e. The van der Waals surface area contributed by atoms with Crippen molar-refractivity contribution in [2.75, 3.05) is 6.61 Å². The first kappa shape index (κ1) is 18.8. The van der Waals surface area contributed by atoms with Crippen molar-refractivity contribution in [3.63, 3.8) is 0 Å². The summed E-state index contributed by atoms with van der Waals surface area (Å²) >= 11 is 1.47. The zero-order valence-electron chi connectivity index (χ0n) is 14.1.